The first-order valence-electron chi connectivity index (χ1n) is 5.36. The first-order valence-corrected chi connectivity index (χ1v) is 6.53. The number of hydrogen-bond donors (Lipinski definition) is 0. The normalized spacial score (nSPS) is 12.2. The van der Waals surface area contributed by atoms with Crippen LogP contribution in [0.15, 0.2) is 16.6 Å². The first kappa shape index (κ1) is 13.7. The molecular formula is C13H11BrClF2N. The van der Waals surface area contributed by atoms with E-state index in [1.807, 2.05) is 20.8 Å². The number of fused-ring (bicyclic) bond motifs is 1. The number of hydrogen-bond acceptors (Lipinski definition) is 1. The minimum Gasteiger partial charge on any atom is -0.233 e. The van der Waals surface area contributed by atoms with Crippen molar-refractivity contribution >= 4 is 38.4 Å². The zero-order chi connectivity index (χ0) is 13.7. The van der Waals surface area contributed by atoms with Crippen LogP contribution in [-0.2, 0) is 5.41 Å². The number of nitrogens with zero attached hydrogens (tertiary/aromatic N) is 1. The average Bonchev–Trinajstić information content (AvgIpc) is 2.24. The Bertz CT molecular complexity index is 635. The molecule has 0 unspecified atom stereocenters. The Morgan fingerprint density at radius 1 is 1.17 bits per heavy atom. The Morgan fingerprint density at radius 2 is 1.78 bits per heavy atom. The molecule has 0 aliphatic rings. The maximum absolute atomic E-state index is 13.7. The molecular weight excluding hydrogens is 324 g/mol. The van der Waals surface area contributed by atoms with Crippen molar-refractivity contribution in [3.05, 3.63) is 39.0 Å². The molecule has 5 heteroatoms. The van der Waals surface area contributed by atoms with Gasteiger partial charge in [-0.15, -0.1) is 0 Å². The van der Waals surface area contributed by atoms with Crippen LogP contribution in [0.2, 0.25) is 5.15 Å². The molecule has 2 rings (SSSR count). The highest BCUT2D eigenvalue weighted by Crippen LogP contribution is 2.35. The van der Waals surface area contributed by atoms with E-state index in [4.69, 9.17) is 11.6 Å². The van der Waals surface area contributed by atoms with Gasteiger partial charge in [0.2, 0.25) is 0 Å². The maximum atomic E-state index is 13.7. The van der Waals surface area contributed by atoms with Crippen LogP contribution in [0.4, 0.5) is 8.78 Å². The highest BCUT2D eigenvalue weighted by atomic mass is 79.9. The van der Waals surface area contributed by atoms with Crippen LogP contribution in [0.25, 0.3) is 10.9 Å². The fourth-order valence-electron chi connectivity index (χ4n) is 1.74. The topological polar surface area (TPSA) is 12.9 Å². The lowest BCUT2D eigenvalue weighted by molar-refractivity contribution is 0.580. The van der Waals surface area contributed by atoms with E-state index in [1.54, 1.807) is 6.07 Å². The molecule has 1 aromatic heterocycles. The van der Waals surface area contributed by atoms with Crippen molar-refractivity contribution in [1.29, 1.82) is 0 Å². The summed E-state index contributed by atoms with van der Waals surface area (Å²) in [5.41, 5.74) is 0.573. The van der Waals surface area contributed by atoms with Gasteiger partial charge in [0.1, 0.15) is 16.5 Å². The Balaban J connectivity index is 2.90. The fourth-order valence-corrected chi connectivity index (χ4v) is 2.58. The fraction of sp³-hybridized carbons (Fsp3) is 0.308. The third kappa shape index (κ3) is 2.24. The van der Waals surface area contributed by atoms with Crippen LogP contribution in [0, 0.1) is 11.6 Å². The van der Waals surface area contributed by atoms with Crippen molar-refractivity contribution in [3.63, 3.8) is 0 Å². The summed E-state index contributed by atoms with van der Waals surface area (Å²) < 4.78 is 27.3. The third-order valence-electron chi connectivity index (χ3n) is 2.71. The molecule has 0 radical (unpaired) electrons. The number of halogens is 4. The second kappa shape index (κ2) is 4.42. The van der Waals surface area contributed by atoms with Crippen molar-refractivity contribution in [2.75, 3.05) is 0 Å². The second-order valence-electron chi connectivity index (χ2n) is 5.13. The molecule has 0 aliphatic heterocycles. The molecule has 0 spiro atoms. The average molecular weight is 335 g/mol. The number of aromatic nitrogens is 1. The molecule has 2 aromatic rings. The minimum atomic E-state index is -0.715. The van der Waals surface area contributed by atoms with Crippen molar-refractivity contribution < 1.29 is 8.78 Å². The molecule has 0 saturated heterocycles. The predicted molar refractivity (Wildman–Crippen MR) is 73.1 cm³/mol. The zero-order valence-electron chi connectivity index (χ0n) is 10.1. The molecule has 0 amide bonds. The Kier molecular flexibility index (Phi) is 3.36. The lowest BCUT2D eigenvalue weighted by atomic mass is 9.87. The monoisotopic (exact) mass is 333 g/mol. The standard InChI is InChI=1S/C13H11BrClF2N/c1-13(2,3)7-4-6-10(14)8(16)5-9(17)11(6)18-12(7)15/h4-5H,1-3H3. The molecule has 0 saturated carbocycles. The van der Waals surface area contributed by atoms with Gasteiger partial charge < -0.3 is 0 Å². The van der Waals surface area contributed by atoms with Crippen molar-refractivity contribution in [3.8, 4) is 0 Å². The highest BCUT2D eigenvalue weighted by molar-refractivity contribution is 9.10. The molecule has 18 heavy (non-hydrogen) atoms. The summed E-state index contributed by atoms with van der Waals surface area (Å²) in [6.45, 7) is 5.89. The molecule has 0 atom stereocenters. The van der Waals surface area contributed by atoms with Gasteiger partial charge in [0.05, 0.1) is 4.47 Å². The summed E-state index contributed by atoms with van der Waals surface area (Å²) >= 11 is 9.18. The van der Waals surface area contributed by atoms with E-state index in [9.17, 15) is 8.78 Å². The van der Waals surface area contributed by atoms with E-state index in [1.165, 1.54) is 0 Å². The second-order valence-corrected chi connectivity index (χ2v) is 6.28. The van der Waals surface area contributed by atoms with Crippen LogP contribution >= 0.6 is 27.5 Å². The molecule has 1 heterocycles. The summed E-state index contributed by atoms with van der Waals surface area (Å²) in [7, 11) is 0. The van der Waals surface area contributed by atoms with E-state index < -0.39 is 11.6 Å². The van der Waals surface area contributed by atoms with Crippen LogP contribution in [0.1, 0.15) is 26.3 Å². The highest BCUT2D eigenvalue weighted by Gasteiger charge is 2.21. The van der Waals surface area contributed by atoms with E-state index in [0.29, 0.717) is 5.39 Å². The predicted octanol–water partition coefficient (Wildman–Crippen LogP) is 5.23. The minimum absolute atomic E-state index is 0.0706. The summed E-state index contributed by atoms with van der Waals surface area (Å²) in [5, 5.41) is 0.634. The molecule has 1 nitrogen and oxygen atoms in total. The van der Waals surface area contributed by atoms with E-state index in [0.717, 1.165) is 11.6 Å². The Hall–Kier alpha value is -0.740. The first-order chi connectivity index (χ1) is 8.21. The SMILES string of the molecule is CC(C)(C)c1cc2c(Br)c(F)cc(F)c2nc1Cl. The van der Waals surface area contributed by atoms with E-state index >= 15 is 0 Å². The lowest BCUT2D eigenvalue weighted by Crippen LogP contribution is -2.13. The van der Waals surface area contributed by atoms with Gasteiger partial charge in [0, 0.05) is 11.5 Å². The van der Waals surface area contributed by atoms with Crippen molar-refractivity contribution in [1.82, 2.24) is 4.98 Å². The smallest absolute Gasteiger partial charge is 0.152 e. The van der Waals surface area contributed by atoms with Crippen LogP contribution < -0.4 is 0 Å². The van der Waals surface area contributed by atoms with E-state index in [2.05, 4.69) is 20.9 Å². The molecule has 0 N–H and O–H groups in total. The molecule has 0 fully saturated rings. The van der Waals surface area contributed by atoms with Gasteiger partial charge in [0.15, 0.2) is 5.82 Å². The van der Waals surface area contributed by atoms with Crippen LogP contribution in [0.3, 0.4) is 0 Å². The van der Waals surface area contributed by atoms with Crippen molar-refractivity contribution in [2.45, 2.75) is 26.2 Å². The summed E-state index contributed by atoms with van der Waals surface area (Å²) in [4.78, 5) is 4.04. The van der Waals surface area contributed by atoms with Gasteiger partial charge in [-0.2, -0.15) is 0 Å². The number of benzene rings is 1. The van der Waals surface area contributed by atoms with E-state index in [-0.39, 0.29) is 20.6 Å². The van der Waals surface area contributed by atoms with Crippen molar-refractivity contribution in [2.24, 2.45) is 0 Å². The van der Waals surface area contributed by atoms with Crippen LogP contribution in [0.5, 0.6) is 0 Å². The van der Waals surface area contributed by atoms with Gasteiger partial charge in [0.25, 0.3) is 0 Å². The molecule has 0 bridgehead atoms. The van der Waals surface area contributed by atoms with Gasteiger partial charge in [-0.1, -0.05) is 32.4 Å². The summed E-state index contributed by atoms with van der Waals surface area (Å²) in [6, 6.07) is 2.48. The Morgan fingerprint density at radius 3 is 2.33 bits per heavy atom. The maximum Gasteiger partial charge on any atom is 0.152 e. The lowest BCUT2D eigenvalue weighted by Gasteiger charge is -2.21. The quantitative estimate of drug-likeness (QED) is 0.475. The van der Waals surface area contributed by atoms with Gasteiger partial charge in [-0.25, -0.2) is 13.8 Å². The molecule has 0 aliphatic carbocycles. The van der Waals surface area contributed by atoms with Gasteiger partial charge in [-0.05, 0) is 33.0 Å². The van der Waals surface area contributed by atoms with Gasteiger partial charge in [-0.3, -0.25) is 0 Å². The number of pyridine rings is 1. The molecule has 1 aromatic carbocycles. The summed E-state index contributed by atoms with van der Waals surface area (Å²) in [6.07, 6.45) is 0. The van der Waals surface area contributed by atoms with Crippen LogP contribution in [-0.4, -0.2) is 4.98 Å². The molecule has 96 valence electrons. The Labute approximate surface area is 117 Å². The summed E-state index contributed by atoms with van der Waals surface area (Å²) in [5.74, 6) is -1.36. The van der Waals surface area contributed by atoms with Gasteiger partial charge >= 0.3 is 0 Å². The number of rotatable bonds is 0. The zero-order valence-corrected chi connectivity index (χ0v) is 12.5. The third-order valence-corrected chi connectivity index (χ3v) is 3.80. The largest absolute Gasteiger partial charge is 0.233 e.